The van der Waals surface area contributed by atoms with Crippen LogP contribution in [0.15, 0.2) is 182 Å². The Kier molecular flexibility index (Phi) is 11.2. The molecule has 0 saturated carbocycles. The van der Waals surface area contributed by atoms with E-state index in [1.165, 1.54) is 82.9 Å². The van der Waals surface area contributed by atoms with Gasteiger partial charge in [-0.15, -0.1) is 0 Å². The van der Waals surface area contributed by atoms with Gasteiger partial charge in [0.1, 0.15) is 0 Å². The van der Waals surface area contributed by atoms with Crippen molar-refractivity contribution in [3.05, 3.63) is 215 Å². The topological polar surface area (TPSA) is 3.24 Å². The van der Waals surface area contributed by atoms with Crippen molar-refractivity contribution < 1.29 is 0 Å². The monoisotopic (exact) mass is 711 g/mol. The van der Waals surface area contributed by atoms with E-state index in [-0.39, 0.29) is 0 Å². The van der Waals surface area contributed by atoms with Gasteiger partial charge in [0.15, 0.2) is 0 Å². The second kappa shape index (κ2) is 16.7. The van der Waals surface area contributed by atoms with Gasteiger partial charge in [-0.05, 0) is 138 Å². The third kappa shape index (κ3) is 8.08. The number of hydrogen-bond acceptors (Lipinski definition) is 1. The van der Waals surface area contributed by atoms with E-state index in [1.54, 1.807) is 0 Å². The lowest BCUT2D eigenvalue weighted by Crippen LogP contribution is -2.11. The van der Waals surface area contributed by atoms with Crippen molar-refractivity contribution in [1.29, 1.82) is 0 Å². The van der Waals surface area contributed by atoms with Crippen LogP contribution in [0.1, 0.15) is 40.3 Å². The molecule has 0 saturated heterocycles. The molecular weight excluding hydrogens is 663 g/mol. The number of anilines is 3. The summed E-state index contributed by atoms with van der Waals surface area (Å²) < 4.78 is 0. The summed E-state index contributed by atoms with van der Waals surface area (Å²) in [6.07, 6.45) is 8.32. The quantitative estimate of drug-likeness (QED) is 0.149. The Morgan fingerprint density at radius 2 is 1.04 bits per heavy atom. The SMILES string of the molecule is C/C=C\C=C/c1ccc(-c2cccc3cccc(C)c23)c(C)c1.Cc1ccc(N(c2ccc(C)c(-c3ccccc3C)c2)c2cccc3ccccc23)cc1. The molecule has 0 atom stereocenters. The number of benzene rings is 8. The van der Waals surface area contributed by atoms with Crippen molar-refractivity contribution in [3.8, 4) is 22.3 Å². The maximum Gasteiger partial charge on any atom is 0.0540 e. The zero-order valence-corrected chi connectivity index (χ0v) is 32.8. The van der Waals surface area contributed by atoms with Crippen LogP contribution in [0.25, 0.3) is 49.9 Å². The van der Waals surface area contributed by atoms with E-state index < -0.39 is 0 Å². The number of allylic oxidation sites excluding steroid dienone is 3. The van der Waals surface area contributed by atoms with Crippen LogP contribution in [0.5, 0.6) is 0 Å². The highest BCUT2D eigenvalue weighted by Crippen LogP contribution is 2.41. The van der Waals surface area contributed by atoms with Gasteiger partial charge < -0.3 is 4.90 Å². The van der Waals surface area contributed by atoms with E-state index >= 15 is 0 Å². The summed E-state index contributed by atoms with van der Waals surface area (Å²) in [4.78, 5) is 2.38. The van der Waals surface area contributed by atoms with Crippen LogP contribution in [0.4, 0.5) is 17.1 Å². The summed E-state index contributed by atoms with van der Waals surface area (Å²) in [6, 6.07) is 59.2. The second-order valence-electron chi connectivity index (χ2n) is 14.4. The van der Waals surface area contributed by atoms with Crippen LogP contribution in [-0.2, 0) is 0 Å². The Labute approximate surface area is 327 Å². The molecule has 55 heavy (non-hydrogen) atoms. The summed E-state index contributed by atoms with van der Waals surface area (Å²) in [6.45, 7) is 12.9. The molecular formula is C54H49N. The highest BCUT2D eigenvalue weighted by atomic mass is 15.1. The van der Waals surface area contributed by atoms with Crippen LogP contribution < -0.4 is 4.90 Å². The average molecular weight is 712 g/mol. The van der Waals surface area contributed by atoms with Crippen LogP contribution in [0.2, 0.25) is 0 Å². The first kappa shape index (κ1) is 36.9. The zero-order valence-electron chi connectivity index (χ0n) is 32.8. The minimum absolute atomic E-state index is 1.16. The van der Waals surface area contributed by atoms with Crippen molar-refractivity contribution in [2.75, 3.05) is 4.90 Å². The van der Waals surface area contributed by atoms with Gasteiger partial charge in [0.2, 0.25) is 0 Å². The molecule has 0 spiro atoms. The van der Waals surface area contributed by atoms with Gasteiger partial charge in [0.25, 0.3) is 0 Å². The first-order chi connectivity index (χ1) is 26.8. The molecule has 0 heterocycles. The molecule has 0 radical (unpaired) electrons. The molecule has 0 fully saturated rings. The minimum Gasteiger partial charge on any atom is -0.310 e. The smallest absolute Gasteiger partial charge is 0.0540 e. The van der Waals surface area contributed by atoms with Gasteiger partial charge >= 0.3 is 0 Å². The van der Waals surface area contributed by atoms with Gasteiger partial charge in [0.05, 0.1) is 5.69 Å². The summed E-state index contributed by atoms with van der Waals surface area (Å²) in [7, 11) is 0. The van der Waals surface area contributed by atoms with Crippen molar-refractivity contribution in [2.24, 2.45) is 0 Å². The van der Waals surface area contributed by atoms with Crippen LogP contribution >= 0.6 is 0 Å². The third-order valence-corrected chi connectivity index (χ3v) is 10.5. The Bertz CT molecular complexity index is 2650. The molecule has 0 unspecified atom stereocenters. The first-order valence-corrected chi connectivity index (χ1v) is 19.2. The summed E-state index contributed by atoms with van der Waals surface area (Å²) in [5, 5.41) is 5.15. The Morgan fingerprint density at radius 1 is 0.418 bits per heavy atom. The molecule has 8 rings (SSSR count). The predicted molar refractivity (Wildman–Crippen MR) is 241 cm³/mol. The maximum atomic E-state index is 2.38. The highest BCUT2D eigenvalue weighted by Gasteiger charge is 2.17. The minimum atomic E-state index is 1.16. The normalized spacial score (nSPS) is 11.3. The van der Waals surface area contributed by atoms with Gasteiger partial charge in [-0.1, -0.05) is 163 Å². The molecule has 8 aromatic carbocycles. The maximum absolute atomic E-state index is 2.38. The number of aryl methyl sites for hydroxylation is 5. The van der Waals surface area contributed by atoms with Crippen LogP contribution in [-0.4, -0.2) is 0 Å². The Hall–Kier alpha value is -6.44. The van der Waals surface area contributed by atoms with Crippen molar-refractivity contribution in [2.45, 2.75) is 41.5 Å². The van der Waals surface area contributed by atoms with Crippen LogP contribution in [0, 0.1) is 34.6 Å². The molecule has 0 aliphatic carbocycles. The first-order valence-electron chi connectivity index (χ1n) is 19.2. The largest absolute Gasteiger partial charge is 0.310 e. The molecule has 0 bridgehead atoms. The van der Waals surface area contributed by atoms with E-state index in [0.717, 1.165) is 11.4 Å². The standard InChI is InChI=1S/C31H27N.C23H22/c1-22-15-18-26(19-16-22)32(31-14-8-11-25-10-5-7-13-29(25)31)27-20-17-24(3)30(21-27)28-12-6-4-9-23(28)2;1-4-5-6-10-19-14-15-21(18(3)16-19)22-13-8-12-20-11-7-9-17(2)23(20)22/h4-21H,1-3H3;4-16H,1-3H3/b;5-4-,10-6-. The number of rotatable bonds is 7. The van der Waals surface area contributed by atoms with Crippen molar-refractivity contribution >= 4 is 44.7 Å². The lowest BCUT2D eigenvalue weighted by atomic mass is 9.92. The zero-order chi connectivity index (χ0) is 38.3. The molecule has 0 N–H and O–H groups in total. The van der Waals surface area contributed by atoms with Gasteiger partial charge in [-0.3, -0.25) is 0 Å². The van der Waals surface area contributed by atoms with E-state index in [2.05, 4.69) is 222 Å². The fraction of sp³-hybridized carbons (Fsp3) is 0.111. The molecule has 1 heteroatoms. The van der Waals surface area contributed by atoms with Crippen LogP contribution in [0.3, 0.4) is 0 Å². The fourth-order valence-electron chi connectivity index (χ4n) is 7.56. The van der Waals surface area contributed by atoms with E-state index in [9.17, 15) is 0 Å². The van der Waals surface area contributed by atoms with Gasteiger partial charge in [0, 0.05) is 16.8 Å². The highest BCUT2D eigenvalue weighted by molar-refractivity contribution is 6.00. The summed E-state index contributed by atoms with van der Waals surface area (Å²) >= 11 is 0. The average Bonchev–Trinajstić information content (AvgIpc) is 3.20. The molecule has 1 nitrogen and oxygen atoms in total. The molecule has 0 aliphatic heterocycles. The van der Waals surface area contributed by atoms with E-state index in [0.29, 0.717) is 0 Å². The number of hydrogen-bond donors (Lipinski definition) is 0. The summed E-state index contributed by atoms with van der Waals surface area (Å²) in [5.41, 5.74) is 16.4. The van der Waals surface area contributed by atoms with Crippen molar-refractivity contribution in [1.82, 2.24) is 0 Å². The molecule has 0 aliphatic rings. The lowest BCUT2D eigenvalue weighted by Gasteiger charge is -2.28. The van der Waals surface area contributed by atoms with Crippen molar-refractivity contribution in [3.63, 3.8) is 0 Å². The Morgan fingerprint density at radius 3 is 1.82 bits per heavy atom. The second-order valence-corrected chi connectivity index (χ2v) is 14.4. The third-order valence-electron chi connectivity index (χ3n) is 10.5. The van der Waals surface area contributed by atoms with E-state index in [4.69, 9.17) is 0 Å². The van der Waals surface area contributed by atoms with Gasteiger partial charge in [-0.25, -0.2) is 0 Å². The molecule has 8 aromatic rings. The molecule has 0 aromatic heterocycles. The Balaban J connectivity index is 0.000000179. The molecule has 270 valence electrons. The lowest BCUT2D eigenvalue weighted by molar-refractivity contribution is 1.28. The predicted octanol–water partition coefficient (Wildman–Crippen LogP) is 15.6. The van der Waals surface area contributed by atoms with Gasteiger partial charge in [-0.2, -0.15) is 0 Å². The number of nitrogens with zero attached hydrogens (tertiary/aromatic N) is 1. The summed E-state index contributed by atoms with van der Waals surface area (Å²) in [5.74, 6) is 0. The fourth-order valence-corrected chi connectivity index (χ4v) is 7.56. The molecule has 0 amide bonds. The number of fused-ring (bicyclic) bond motifs is 2. The van der Waals surface area contributed by atoms with E-state index in [1.807, 2.05) is 13.0 Å².